The van der Waals surface area contributed by atoms with Gasteiger partial charge in [0.05, 0.1) is 12.7 Å². The first-order valence-electron chi connectivity index (χ1n) is 4.01. The summed E-state index contributed by atoms with van der Waals surface area (Å²) >= 11 is 0. The summed E-state index contributed by atoms with van der Waals surface area (Å²) in [6.45, 7) is 1.14. The Morgan fingerprint density at radius 3 is 2.62 bits per heavy atom. The van der Waals surface area contributed by atoms with Gasteiger partial charge < -0.3 is 5.73 Å². The van der Waals surface area contributed by atoms with E-state index in [9.17, 15) is 8.78 Å². The first-order chi connectivity index (χ1) is 5.96. The number of halogens is 2. The highest BCUT2D eigenvalue weighted by Gasteiger charge is 2.28. The van der Waals surface area contributed by atoms with E-state index in [1.165, 1.54) is 6.20 Å². The fourth-order valence-corrected chi connectivity index (χ4v) is 1.07. The van der Waals surface area contributed by atoms with Crippen LogP contribution in [0, 0.1) is 6.92 Å². The van der Waals surface area contributed by atoms with Crippen LogP contribution >= 0.6 is 0 Å². The molecular formula is C8H13F2N3. The van der Waals surface area contributed by atoms with Gasteiger partial charge in [0.25, 0.3) is 5.92 Å². The van der Waals surface area contributed by atoms with Crippen molar-refractivity contribution in [2.75, 3.05) is 6.54 Å². The molecule has 0 fully saturated rings. The fourth-order valence-electron chi connectivity index (χ4n) is 1.07. The lowest BCUT2D eigenvalue weighted by Gasteiger charge is -2.12. The van der Waals surface area contributed by atoms with Gasteiger partial charge in [0, 0.05) is 19.2 Å². The Labute approximate surface area is 75.5 Å². The van der Waals surface area contributed by atoms with E-state index in [-0.39, 0.29) is 6.42 Å². The predicted molar refractivity (Wildman–Crippen MR) is 45.7 cm³/mol. The molecule has 0 atom stereocenters. The molecule has 0 bridgehead atoms. The minimum absolute atomic E-state index is 0.330. The molecule has 1 aromatic heterocycles. The van der Waals surface area contributed by atoms with Crippen LogP contribution in [-0.2, 0) is 13.5 Å². The standard InChI is InChI=1S/C8H13F2N3/c1-6-7(4-12-13(6)2)3-8(9,10)5-11/h4H,3,5,11H2,1-2H3. The molecule has 5 heteroatoms. The lowest BCUT2D eigenvalue weighted by atomic mass is 10.1. The average molecular weight is 189 g/mol. The lowest BCUT2D eigenvalue weighted by Crippen LogP contribution is -2.30. The molecule has 0 saturated carbocycles. The van der Waals surface area contributed by atoms with Crippen LogP contribution in [0.2, 0.25) is 0 Å². The normalized spacial score (nSPS) is 12.1. The largest absolute Gasteiger partial charge is 0.325 e. The van der Waals surface area contributed by atoms with Crippen molar-refractivity contribution in [3.05, 3.63) is 17.5 Å². The number of hydrogen-bond donors (Lipinski definition) is 1. The summed E-state index contributed by atoms with van der Waals surface area (Å²) in [5.74, 6) is -2.83. The van der Waals surface area contributed by atoms with E-state index in [0.29, 0.717) is 5.56 Å². The van der Waals surface area contributed by atoms with Crippen LogP contribution in [0.15, 0.2) is 6.20 Å². The Kier molecular flexibility index (Phi) is 2.66. The Hall–Kier alpha value is -0.970. The monoisotopic (exact) mass is 189 g/mol. The predicted octanol–water partition coefficient (Wildman–Crippen LogP) is 0.865. The molecule has 0 amide bonds. The maximum Gasteiger partial charge on any atom is 0.264 e. The molecule has 13 heavy (non-hydrogen) atoms. The smallest absolute Gasteiger partial charge is 0.264 e. The number of nitrogens with two attached hydrogens (primary N) is 1. The minimum atomic E-state index is -2.83. The summed E-state index contributed by atoms with van der Waals surface area (Å²) in [6.07, 6.45) is 1.13. The third-order valence-electron chi connectivity index (χ3n) is 2.08. The summed E-state index contributed by atoms with van der Waals surface area (Å²) in [6, 6.07) is 0. The van der Waals surface area contributed by atoms with E-state index in [1.54, 1.807) is 18.7 Å². The van der Waals surface area contributed by atoms with Crippen LogP contribution in [0.3, 0.4) is 0 Å². The van der Waals surface area contributed by atoms with Crippen molar-refractivity contribution < 1.29 is 8.78 Å². The van der Waals surface area contributed by atoms with Gasteiger partial charge in [-0.25, -0.2) is 8.78 Å². The molecule has 0 spiro atoms. The number of rotatable bonds is 3. The number of nitrogens with zero attached hydrogens (tertiary/aromatic N) is 2. The molecule has 1 rings (SSSR count). The molecule has 74 valence electrons. The lowest BCUT2D eigenvalue weighted by molar-refractivity contribution is 0.0113. The summed E-state index contributed by atoms with van der Waals surface area (Å²) in [5.41, 5.74) is 6.24. The third kappa shape index (κ3) is 2.24. The summed E-state index contributed by atoms with van der Waals surface area (Å²) in [7, 11) is 1.72. The van der Waals surface area contributed by atoms with Crippen molar-refractivity contribution in [1.82, 2.24) is 9.78 Å². The first kappa shape index (κ1) is 10.1. The van der Waals surface area contributed by atoms with E-state index < -0.39 is 12.5 Å². The molecule has 0 radical (unpaired) electrons. The molecular weight excluding hydrogens is 176 g/mol. The van der Waals surface area contributed by atoms with Gasteiger partial charge in [-0.15, -0.1) is 0 Å². The zero-order valence-electron chi connectivity index (χ0n) is 7.72. The van der Waals surface area contributed by atoms with Gasteiger partial charge >= 0.3 is 0 Å². The third-order valence-corrected chi connectivity index (χ3v) is 2.08. The maximum atomic E-state index is 12.9. The van der Waals surface area contributed by atoms with E-state index in [2.05, 4.69) is 5.10 Å². The highest BCUT2D eigenvalue weighted by Crippen LogP contribution is 2.20. The van der Waals surface area contributed by atoms with Crippen molar-refractivity contribution >= 4 is 0 Å². The van der Waals surface area contributed by atoms with E-state index in [4.69, 9.17) is 5.73 Å². The fraction of sp³-hybridized carbons (Fsp3) is 0.625. The van der Waals surface area contributed by atoms with Gasteiger partial charge in [-0.3, -0.25) is 4.68 Å². The van der Waals surface area contributed by atoms with Crippen LogP contribution in [-0.4, -0.2) is 22.2 Å². The van der Waals surface area contributed by atoms with Crippen LogP contribution in [0.25, 0.3) is 0 Å². The molecule has 2 N–H and O–H groups in total. The van der Waals surface area contributed by atoms with Crippen molar-refractivity contribution in [3.63, 3.8) is 0 Å². The highest BCUT2D eigenvalue weighted by atomic mass is 19.3. The molecule has 0 aromatic carbocycles. The molecule has 0 aliphatic carbocycles. The molecule has 0 aliphatic heterocycles. The minimum Gasteiger partial charge on any atom is -0.325 e. The van der Waals surface area contributed by atoms with Crippen LogP contribution < -0.4 is 5.73 Å². The second-order valence-electron chi connectivity index (χ2n) is 3.12. The van der Waals surface area contributed by atoms with E-state index in [1.807, 2.05) is 0 Å². The molecule has 0 aliphatic rings. The molecule has 3 nitrogen and oxygen atoms in total. The number of aryl methyl sites for hydroxylation is 1. The Bertz CT molecular complexity index is 294. The van der Waals surface area contributed by atoms with Gasteiger partial charge in [-0.1, -0.05) is 0 Å². The average Bonchev–Trinajstić information content (AvgIpc) is 2.36. The SMILES string of the molecule is Cc1c(CC(F)(F)CN)cnn1C. The van der Waals surface area contributed by atoms with Gasteiger partial charge in [0.2, 0.25) is 0 Å². The van der Waals surface area contributed by atoms with Gasteiger partial charge in [0.1, 0.15) is 0 Å². The number of alkyl halides is 2. The number of hydrogen-bond acceptors (Lipinski definition) is 2. The quantitative estimate of drug-likeness (QED) is 0.766. The number of aromatic nitrogens is 2. The zero-order valence-corrected chi connectivity index (χ0v) is 7.72. The topological polar surface area (TPSA) is 43.8 Å². The second kappa shape index (κ2) is 3.41. The Morgan fingerprint density at radius 1 is 1.62 bits per heavy atom. The molecule has 0 unspecified atom stereocenters. The molecule has 1 aromatic rings. The Morgan fingerprint density at radius 2 is 2.23 bits per heavy atom. The van der Waals surface area contributed by atoms with E-state index in [0.717, 1.165) is 5.69 Å². The summed E-state index contributed by atoms with van der Waals surface area (Å²) in [4.78, 5) is 0. The maximum absolute atomic E-state index is 12.9. The summed E-state index contributed by atoms with van der Waals surface area (Å²) < 4.78 is 27.3. The zero-order chi connectivity index (χ0) is 10.1. The highest BCUT2D eigenvalue weighted by molar-refractivity contribution is 5.17. The van der Waals surface area contributed by atoms with Crippen LogP contribution in [0.1, 0.15) is 11.3 Å². The second-order valence-corrected chi connectivity index (χ2v) is 3.12. The van der Waals surface area contributed by atoms with Crippen LogP contribution in [0.5, 0.6) is 0 Å². The molecule has 1 heterocycles. The van der Waals surface area contributed by atoms with Crippen molar-refractivity contribution in [2.45, 2.75) is 19.3 Å². The van der Waals surface area contributed by atoms with Gasteiger partial charge in [-0.2, -0.15) is 5.10 Å². The van der Waals surface area contributed by atoms with Gasteiger partial charge in [-0.05, 0) is 12.5 Å². The van der Waals surface area contributed by atoms with Crippen LogP contribution in [0.4, 0.5) is 8.78 Å². The van der Waals surface area contributed by atoms with Crippen molar-refractivity contribution in [1.29, 1.82) is 0 Å². The van der Waals surface area contributed by atoms with E-state index >= 15 is 0 Å². The molecule has 0 saturated heterocycles. The van der Waals surface area contributed by atoms with Crippen molar-refractivity contribution in [2.24, 2.45) is 12.8 Å². The Balaban J connectivity index is 2.80. The van der Waals surface area contributed by atoms with Gasteiger partial charge in [0.15, 0.2) is 0 Å². The van der Waals surface area contributed by atoms with Crippen molar-refractivity contribution in [3.8, 4) is 0 Å². The first-order valence-corrected chi connectivity index (χ1v) is 4.01. The summed E-state index contributed by atoms with van der Waals surface area (Å²) in [5, 5.41) is 3.88.